The summed E-state index contributed by atoms with van der Waals surface area (Å²) in [6, 6.07) is -1.77. The van der Waals surface area contributed by atoms with Gasteiger partial charge in [0.1, 0.15) is 30.5 Å². The number of hydrogen-bond donors (Lipinski definition) is 3. The average Bonchev–Trinajstić information content (AvgIpc) is 2.72. The maximum Gasteiger partial charge on any atom is 0.326 e. The van der Waals surface area contributed by atoms with Crippen LogP contribution in [0.1, 0.15) is 40.0 Å². The van der Waals surface area contributed by atoms with Crippen LogP contribution in [0.3, 0.4) is 0 Å². The quantitative estimate of drug-likeness (QED) is 0.285. The predicted octanol–water partition coefficient (Wildman–Crippen LogP) is 0.980. The number of Topliss-reactive ketones (excluding diaryl/α,β-unsaturated/α-hetero) is 1. The molecule has 0 aliphatic carbocycles. The second-order valence-corrected chi connectivity index (χ2v) is 10.8. The van der Waals surface area contributed by atoms with Crippen LogP contribution in [0.2, 0.25) is 0 Å². The number of ketones is 1. The van der Waals surface area contributed by atoms with Crippen LogP contribution in [-0.4, -0.2) is 65.7 Å². The Hall–Kier alpha value is -2.01. The van der Waals surface area contributed by atoms with Crippen molar-refractivity contribution in [1.82, 2.24) is 16.0 Å². The van der Waals surface area contributed by atoms with Gasteiger partial charge in [-0.3, -0.25) is 24.0 Å². The van der Waals surface area contributed by atoms with Gasteiger partial charge in [-0.15, -0.1) is 0 Å². The van der Waals surface area contributed by atoms with E-state index in [2.05, 4.69) is 16.0 Å². The molecule has 2 bridgehead atoms. The van der Waals surface area contributed by atoms with Crippen LogP contribution in [0.25, 0.3) is 0 Å². The second-order valence-electron chi connectivity index (χ2n) is 8.16. The molecule has 0 radical (unpaired) electrons. The molecule has 2 rings (SSSR count). The number of carbonyl (C=O) groups is 5. The molecule has 4 atom stereocenters. The minimum Gasteiger partial charge on any atom is -0.456 e. The van der Waals surface area contributed by atoms with Gasteiger partial charge in [0.05, 0.1) is 0 Å². The first-order valence-electron chi connectivity index (χ1n) is 10.7. The van der Waals surface area contributed by atoms with Crippen LogP contribution in [0, 0.1) is 11.8 Å². The van der Waals surface area contributed by atoms with E-state index in [1.165, 1.54) is 17.7 Å². The Morgan fingerprint density at radius 2 is 1.75 bits per heavy atom. The number of amides is 3. The molecule has 1 unspecified atom stereocenters. The SMILES string of the molecule is CC(C)[C@H]1CC(=O)CC2/C=C/CCSSC[C@@H](NC1=O)C(=O)N[C@@H](C)C(=O)NCC(=O)O2. The van der Waals surface area contributed by atoms with Crippen LogP contribution in [0.5, 0.6) is 0 Å². The van der Waals surface area contributed by atoms with Gasteiger partial charge in [0.15, 0.2) is 0 Å². The first kappa shape index (κ1) is 26.2. The fraction of sp³-hybridized carbons (Fsp3) is 0.667. The summed E-state index contributed by atoms with van der Waals surface area (Å²) >= 11 is 0. The van der Waals surface area contributed by atoms with Gasteiger partial charge in [0.25, 0.3) is 0 Å². The molecule has 0 aromatic rings. The van der Waals surface area contributed by atoms with E-state index in [0.717, 1.165) is 5.75 Å². The predicted molar refractivity (Wildman–Crippen MR) is 124 cm³/mol. The first-order valence-corrected chi connectivity index (χ1v) is 13.2. The van der Waals surface area contributed by atoms with Crippen LogP contribution in [-0.2, 0) is 28.7 Å². The molecule has 0 aromatic carbocycles. The summed E-state index contributed by atoms with van der Waals surface area (Å²) in [4.78, 5) is 63.1. The summed E-state index contributed by atoms with van der Waals surface area (Å²) < 4.78 is 5.40. The highest BCUT2D eigenvalue weighted by molar-refractivity contribution is 8.76. The van der Waals surface area contributed by atoms with Crippen molar-refractivity contribution < 1.29 is 28.7 Å². The van der Waals surface area contributed by atoms with Gasteiger partial charge < -0.3 is 20.7 Å². The molecule has 2 aliphatic rings. The van der Waals surface area contributed by atoms with Gasteiger partial charge in [-0.2, -0.15) is 0 Å². The topological polar surface area (TPSA) is 131 Å². The maximum absolute atomic E-state index is 13.0. The molecule has 178 valence electrons. The molecule has 0 aromatic heterocycles. The number of carbonyl (C=O) groups excluding carboxylic acids is 5. The molecule has 3 amide bonds. The molecule has 1 saturated heterocycles. The van der Waals surface area contributed by atoms with E-state index in [-0.39, 0.29) is 37.0 Å². The van der Waals surface area contributed by atoms with Crippen molar-refractivity contribution in [3.63, 3.8) is 0 Å². The highest BCUT2D eigenvalue weighted by atomic mass is 33.1. The number of ether oxygens (including phenoxy) is 1. The lowest BCUT2D eigenvalue weighted by molar-refractivity contribution is -0.148. The summed E-state index contributed by atoms with van der Waals surface area (Å²) in [7, 11) is 3.00. The summed E-state index contributed by atoms with van der Waals surface area (Å²) in [5.74, 6) is -2.06. The minimum absolute atomic E-state index is 0.0191. The van der Waals surface area contributed by atoms with Crippen molar-refractivity contribution in [2.24, 2.45) is 11.8 Å². The highest BCUT2D eigenvalue weighted by Crippen LogP contribution is 2.25. The number of allylic oxidation sites excluding steroid dienone is 1. The van der Waals surface area contributed by atoms with E-state index >= 15 is 0 Å². The van der Waals surface area contributed by atoms with Gasteiger partial charge in [-0.1, -0.05) is 41.5 Å². The Kier molecular flexibility index (Phi) is 10.6. The molecule has 0 saturated carbocycles. The van der Waals surface area contributed by atoms with E-state index < -0.39 is 41.9 Å². The van der Waals surface area contributed by atoms with Crippen LogP contribution in [0.4, 0.5) is 0 Å². The Labute approximate surface area is 196 Å². The molecular formula is C21H31N3O6S2. The lowest BCUT2D eigenvalue weighted by Crippen LogP contribution is -2.55. The second kappa shape index (κ2) is 12.9. The molecule has 9 nitrogen and oxygen atoms in total. The minimum atomic E-state index is -0.908. The van der Waals surface area contributed by atoms with Crippen molar-refractivity contribution in [2.45, 2.75) is 58.2 Å². The van der Waals surface area contributed by atoms with Gasteiger partial charge >= 0.3 is 5.97 Å². The Morgan fingerprint density at radius 1 is 1.00 bits per heavy atom. The Balaban J connectivity index is 2.40. The fourth-order valence-electron chi connectivity index (χ4n) is 3.24. The zero-order valence-electron chi connectivity index (χ0n) is 18.6. The standard InChI is InChI=1S/C21H31N3O6S2/c1-12(2)16-9-14(25)8-15-6-4-5-7-31-32-11-17(24-20(16)28)21(29)23-13(3)19(27)22-10-18(26)30-15/h4,6,12-13,15-17H,5,7-11H2,1-3H3,(H,22,27)(H,23,29)(H,24,28)/b6-4+/t13-,15?,16+,17+/m0/s1. The van der Waals surface area contributed by atoms with E-state index in [1.54, 1.807) is 16.9 Å². The van der Waals surface area contributed by atoms with Gasteiger partial charge in [0, 0.05) is 30.3 Å². The van der Waals surface area contributed by atoms with Crippen molar-refractivity contribution in [1.29, 1.82) is 0 Å². The molecule has 11 heteroatoms. The molecule has 2 heterocycles. The number of hydrogen-bond acceptors (Lipinski definition) is 8. The molecule has 0 spiro atoms. The molecule has 1 fully saturated rings. The van der Waals surface area contributed by atoms with Crippen LogP contribution >= 0.6 is 21.6 Å². The third-order valence-corrected chi connectivity index (χ3v) is 7.58. The smallest absolute Gasteiger partial charge is 0.326 e. The van der Waals surface area contributed by atoms with Crippen molar-refractivity contribution in [3.05, 3.63) is 12.2 Å². The maximum atomic E-state index is 13.0. The number of nitrogens with one attached hydrogen (secondary N) is 3. The third-order valence-electron chi connectivity index (χ3n) is 5.13. The van der Waals surface area contributed by atoms with Crippen molar-refractivity contribution in [2.75, 3.05) is 18.1 Å². The van der Waals surface area contributed by atoms with E-state index in [9.17, 15) is 24.0 Å². The molecule has 3 N–H and O–H groups in total. The van der Waals surface area contributed by atoms with Crippen molar-refractivity contribution >= 4 is 51.1 Å². The van der Waals surface area contributed by atoms with Gasteiger partial charge in [0.2, 0.25) is 17.7 Å². The van der Waals surface area contributed by atoms with E-state index in [0.29, 0.717) is 12.2 Å². The summed E-state index contributed by atoms with van der Waals surface area (Å²) in [5, 5.41) is 7.80. The third kappa shape index (κ3) is 8.50. The molecular weight excluding hydrogens is 454 g/mol. The Morgan fingerprint density at radius 3 is 2.47 bits per heavy atom. The summed E-state index contributed by atoms with van der Waals surface area (Å²) in [5.41, 5.74) is 0. The van der Waals surface area contributed by atoms with Crippen molar-refractivity contribution in [3.8, 4) is 0 Å². The lowest BCUT2D eigenvalue weighted by atomic mass is 9.88. The van der Waals surface area contributed by atoms with E-state index in [4.69, 9.17) is 4.74 Å². The lowest BCUT2D eigenvalue weighted by Gasteiger charge is -2.25. The molecule has 32 heavy (non-hydrogen) atoms. The monoisotopic (exact) mass is 485 g/mol. The zero-order valence-corrected chi connectivity index (χ0v) is 20.2. The number of rotatable bonds is 1. The van der Waals surface area contributed by atoms with Gasteiger partial charge in [-0.05, 0) is 25.3 Å². The van der Waals surface area contributed by atoms with Crippen LogP contribution in [0.15, 0.2) is 12.2 Å². The summed E-state index contributed by atoms with van der Waals surface area (Å²) in [6.45, 7) is 4.80. The Bertz CT molecular complexity index is 758. The number of esters is 1. The first-order chi connectivity index (χ1) is 15.2. The van der Waals surface area contributed by atoms with Gasteiger partial charge in [-0.25, -0.2) is 0 Å². The average molecular weight is 486 g/mol. The largest absolute Gasteiger partial charge is 0.456 e. The highest BCUT2D eigenvalue weighted by Gasteiger charge is 2.31. The number of fused-ring (bicyclic) bond motifs is 7. The summed E-state index contributed by atoms with van der Waals surface area (Å²) in [6.07, 6.45) is 3.37. The zero-order chi connectivity index (χ0) is 23.7. The fourth-order valence-corrected chi connectivity index (χ4v) is 5.39. The normalized spacial score (nSPS) is 30.6. The molecule has 2 aliphatic heterocycles. The van der Waals surface area contributed by atoms with Crippen LogP contribution < -0.4 is 16.0 Å². The van der Waals surface area contributed by atoms with E-state index in [1.807, 2.05) is 19.9 Å².